The Hall–Kier alpha value is -1.26. The minimum Gasteiger partial charge on any atom is -0.335 e. The molecular formula is C18H26ClN3O. The number of anilines is 1. The maximum absolute atomic E-state index is 12.7. The Balaban J connectivity index is 0.00000156. The summed E-state index contributed by atoms with van der Waals surface area (Å²) in [5, 5.41) is 3.30. The Morgan fingerprint density at radius 3 is 2.52 bits per heavy atom. The molecule has 0 saturated carbocycles. The van der Waals surface area contributed by atoms with Gasteiger partial charge < -0.3 is 10.2 Å². The fraction of sp³-hybridized carbons (Fsp3) is 0.611. The Labute approximate surface area is 144 Å². The predicted molar refractivity (Wildman–Crippen MR) is 95.6 cm³/mol. The van der Waals surface area contributed by atoms with Crippen LogP contribution < -0.4 is 10.2 Å². The molecule has 3 aliphatic rings. The fourth-order valence-electron chi connectivity index (χ4n) is 4.59. The molecule has 4 nitrogen and oxygen atoms in total. The monoisotopic (exact) mass is 335 g/mol. The van der Waals surface area contributed by atoms with Crippen molar-refractivity contribution in [2.24, 2.45) is 0 Å². The number of benzene rings is 1. The summed E-state index contributed by atoms with van der Waals surface area (Å²) >= 11 is 0. The van der Waals surface area contributed by atoms with Crippen LogP contribution in [0.25, 0.3) is 0 Å². The molecule has 3 heterocycles. The van der Waals surface area contributed by atoms with E-state index in [0.717, 1.165) is 25.1 Å². The van der Waals surface area contributed by atoms with E-state index >= 15 is 0 Å². The van der Waals surface area contributed by atoms with Gasteiger partial charge in [0, 0.05) is 36.3 Å². The van der Waals surface area contributed by atoms with Crippen molar-refractivity contribution >= 4 is 24.1 Å². The van der Waals surface area contributed by atoms with Gasteiger partial charge in [0.1, 0.15) is 0 Å². The van der Waals surface area contributed by atoms with Gasteiger partial charge in [0.25, 0.3) is 0 Å². The van der Waals surface area contributed by atoms with E-state index < -0.39 is 0 Å². The first-order valence-electron chi connectivity index (χ1n) is 8.52. The first kappa shape index (κ1) is 16.6. The van der Waals surface area contributed by atoms with Crippen molar-refractivity contribution in [1.29, 1.82) is 0 Å². The number of hydrogen-bond donors (Lipinski definition) is 1. The van der Waals surface area contributed by atoms with E-state index in [4.69, 9.17) is 0 Å². The molecule has 23 heavy (non-hydrogen) atoms. The molecule has 1 N–H and O–H groups in total. The van der Waals surface area contributed by atoms with Crippen LogP contribution in [0.3, 0.4) is 0 Å². The zero-order valence-electron chi connectivity index (χ0n) is 13.9. The van der Waals surface area contributed by atoms with Crippen molar-refractivity contribution in [3.8, 4) is 0 Å². The molecule has 1 aromatic rings. The van der Waals surface area contributed by atoms with Crippen LogP contribution in [0.15, 0.2) is 24.3 Å². The minimum absolute atomic E-state index is 0. The molecule has 0 aromatic heterocycles. The summed E-state index contributed by atoms with van der Waals surface area (Å²) in [6, 6.07) is 10.0. The quantitative estimate of drug-likeness (QED) is 0.854. The number of para-hydroxylation sites is 1. The van der Waals surface area contributed by atoms with Crippen LogP contribution in [0.4, 0.5) is 10.5 Å². The first-order valence-corrected chi connectivity index (χ1v) is 8.52. The number of fused-ring (bicyclic) bond motifs is 3. The number of amides is 2. The van der Waals surface area contributed by atoms with Gasteiger partial charge in [0.05, 0.1) is 0 Å². The fourth-order valence-corrected chi connectivity index (χ4v) is 4.59. The van der Waals surface area contributed by atoms with Gasteiger partial charge >= 0.3 is 6.03 Å². The van der Waals surface area contributed by atoms with Gasteiger partial charge in [-0.25, -0.2) is 4.79 Å². The zero-order valence-corrected chi connectivity index (χ0v) is 14.7. The smallest absolute Gasteiger partial charge is 0.322 e. The van der Waals surface area contributed by atoms with Gasteiger partial charge in [-0.2, -0.15) is 0 Å². The normalized spacial score (nSPS) is 32.3. The van der Waals surface area contributed by atoms with Crippen LogP contribution in [-0.2, 0) is 0 Å². The maximum atomic E-state index is 12.7. The molecule has 2 saturated heterocycles. The van der Waals surface area contributed by atoms with Gasteiger partial charge in [0.15, 0.2) is 0 Å². The number of nitrogens with one attached hydrogen (secondary N) is 1. The maximum Gasteiger partial charge on any atom is 0.322 e. The van der Waals surface area contributed by atoms with Crippen LogP contribution >= 0.6 is 12.4 Å². The predicted octanol–water partition coefficient (Wildman–Crippen LogP) is 3.37. The highest BCUT2D eigenvalue weighted by atomic mass is 35.5. The number of halogens is 1. The van der Waals surface area contributed by atoms with Gasteiger partial charge in [-0.1, -0.05) is 25.1 Å². The van der Waals surface area contributed by atoms with Crippen molar-refractivity contribution in [3.63, 3.8) is 0 Å². The van der Waals surface area contributed by atoms with Gasteiger partial charge in [-0.3, -0.25) is 4.90 Å². The molecule has 2 amide bonds. The third-order valence-corrected chi connectivity index (χ3v) is 5.89. The van der Waals surface area contributed by atoms with Gasteiger partial charge in [0.2, 0.25) is 0 Å². The van der Waals surface area contributed by atoms with Crippen molar-refractivity contribution in [3.05, 3.63) is 29.8 Å². The molecule has 5 heteroatoms. The van der Waals surface area contributed by atoms with Crippen LogP contribution in [0, 0.1) is 0 Å². The van der Waals surface area contributed by atoms with Crippen molar-refractivity contribution in [2.75, 3.05) is 18.5 Å². The number of rotatable bonds is 1. The third-order valence-electron chi connectivity index (χ3n) is 5.89. The molecule has 2 bridgehead atoms. The SMILES string of the molecule is CC1CN(C(=O)NC2CC3CCC(C2)N3C)c2ccccc21.Cl. The van der Waals surface area contributed by atoms with Crippen molar-refractivity contribution < 1.29 is 4.79 Å². The molecule has 0 radical (unpaired) electrons. The van der Waals surface area contributed by atoms with E-state index in [9.17, 15) is 4.79 Å². The average molecular weight is 336 g/mol. The Morgan fingerprint density at radius 1 is 1.17 bits per heavy atom. The van der Waals surface area contributed by atoms with Crippen molar-refractivity contribution in [1.82, 2.24) is 10.2 Å². The second kappa shape index (κ2) is 6.33. The summed E-state index contributed by atoms with van der Waals surface area (Å²) < 4.78 is 0. The summed E-state index contributed by atoms with van der Waals surface area (Å²) in [7, 11) is 2.23. The van der Waals surface area contributed by atoms with Crippen molar-refractivity contribution in [2.45, 2.75) is 56.7 Å². The summed E-state index contributed by atoms with van der Waals surface area (Å²) in [6.45, 7) is 2.99. The van der Waals surface area contributed by atoms with E-state index in [2.05, 4.69) is 42.4 Å². The lowest BCUT2D eigenvalue weighted by atomic mass is 9.98. The minimum atomic E-state index is 0. The highest BCUT2D eigenvalue weighted by Crippen LogP contribution is 2.37. The highest BCUT2D eigenvalue weighted by molar-refractivity contribution is 5.94. The van der Waals surface area contributed by atoms with Gasteiger partial charge in [-0.05, 0) is 44.4 Å². The van der Waals surface area contributed by atoms with E-state index in [1.165, 1.54) is 18.4 Å². The lowest BCUT2D eigenvalue weighted by Crippen LogP contribution is -2.51. The second-order valence-corrected chi connectivity index (χ2v) is 7.24. The number of carbonyl (C=O) groups is 1. The molecule has 1 aromatic carbocycles. The lowest BCUT2D eigenvalue weighted by Gasteiger charge is -2.37. The van der Waals surface area contributed by atoms with E-state index in [1.54, 1.807) is 0 Å². The zero-order chi connectivity index (χ0) is 15.3. The Bertz CT molecular complexity index is 579. The molecule has 3 aliphatic heterocycles. The molecule has 126 valence electrons. The van der Waals surface area contributed by atoms with Crippen LogP contribution in [0.2, 0.25) is 0 Å². The molecule has 4 rings (SSSR count). The topological polar surface area (TPSA) is 35.6 Å². The number of piperidine rings is 1. The summed E-state index contributed by atoms with van der Waals surface area (Å²) in [4.78, 5) is 17.2. The number of carbonyl (C=O) groups excluding carboxylic acids is 1. The standard InChI is InChI=1S/C18H25N3O.ClH/c1-12-11-21(17-6-4-3-5-16(12)17)18(22)19-13-9-14-7-8-15(10-13)20(14)2;/h3-6,12-15H,7-11H2,1-2H3,(H,19,22);1H. The molecule has 3 unspecified atom stereocenters. The Morgan fingerprint density at radius 2 is 1.83 bits per heavy atom. The number of nitrogens with zero attached hydrogens (tertiary/aromatic N) is 2. The second-order valence-electron chi connectivity index (χ2n) is 7.24. The summed E-state index contributed by atoms with van der Waals surface area (Å²) in [5.41, 5.74) is 2.38. The van der Waals surface area contributed by atoms with Crippen LogP contribution in [0.5, 0.6) is 0 Å². The number of hydrogen-bond acceptors (Lipinski definition) is 2. The summed E-state index contributed by atoms with van der Waals surface area (Å²) in [5.74, 6) is 0.426. The lowest BCUT2D eigenvalue weighted by molar-refractivity contribution is 0.150. The first-order chi connectivity index (χ1) is 10.6. The largest absolute Gasteiger partial charge is 0.335 e. The van der Waals surface area contributed by atoms with Crippen LogP contribution in [-0.4, -0.2) is 42.6 Å². The molecular weight excluding hydrogens is 310 g/mol. The summed E-state index contributed by atoms with van der Waals surface area (Å²) in [6.07, 6.45) is 4.78. The molecule has 2 fully saturated rings. The third kappa shape index (κ3) is 2.83. The van der Waals surface area contributed by atoms with E-state index in [-0.39, 0.29) is 18.4 Å². The van der Waals surface area contributed by atoms with E-state index in [0.29, 0.717) is 24.0 Å². The molecule has 3 atom stereocenters. The Kier molecular flexibility index (Phi) is 4.56. The average Bonchev–Trinajstić information content (AvgIpc) is 2.93. The van der Waals surface area contributed by atoms with Crippen LogP contribution in [0.1, 0.15) is 44.1 Å². The molecule has 0 spiro atoms. The number of urea groups is 1. The van der Waals surface area contributed by atoms with E-state index in [1.807, 2.05) is 11.0 Å². The van der Waals surface area contributed by atoms with Gasteiger partial charge in [-0.15, -0.1) is 12.4 Å². The molecule has 0 aliphatic carbocycles. The highest BCUT2D eigenvalue weighted by Gasteiger charge is 2.39.